The molecule has 0 radical (unpaired) electrons. The number of carbonyl (C=O) groups excluding carboxylic acids is 14. The van der Waals surface area contributed by atoms with E-state index in [1.165, 1.54) is 97.3 Å². The highest BCUT2D eigenvalue weighted by Gasteiger charge is 2.65. The molecule has 29 nitrogen and oxygen atoms in total. The summed E-state index contributed by atoms with van der Waals surface area (Å²) < 4.78 is 73.3. The lowest BCUT2D eigenvalue weighted by Gasteiger charge is -2.60. The molecule has 21 rings (SSSR count). The Kier molecular flexibility index (Phi) is 35.4. The van der Waals surface area contributed by atoms with Gasteiger partial charge in [0.2, 0.25) is 12.2 Å². The molecule has 17 saturated carbocycles. The number of cyclic esters (lactones) is 4. The Morgan fingerprint density at radius 3 is 1.13 bits per heavy atom. The predicted octanol–water partition coefficient (Wildman–Crippen LogP) is 17.2. The van der Waals surface area contributed by atoms with Gasteiger partial charge in [-0.3, -0.25) is 24.0 Å². The van der Waals surface area contributed by atoms with Crippen LogP contribution >= 0.6 is 0 Å². The number of fused-ring (bicyclic) bond motifs is 10. The summed E-state index contributed by atoms with van der Waals surface area (Å²) in [6.45, 7) is 50.3. The summed E-state index contributed by atoms with van der Waals surface area (Å²) in [5, 5.41) is 10.5. The van der Waals surface area contributed by atoms with Crippen LogP contribution in [-0.2, 0) is 133 Å². The fraction of sp³-hybridized carbons (Fsp3) is 0.778. The first-order chi connectivity index (χ1) is 64.3. The Morgan fingerprint density at radius 2 is 0.752 bits per heavy atom. The van der Waals surface area contributed by atoms with E-state index in [0.29, 0.717) is 134 Å². The van der Waals surface area contributed by atoms with Gasteiger partial charge in [0.15, 0.2) is 13.2 Å². The topological polar surface area (TPSA) is 388 Å². The molecule has 21 aliphatic rings. The highest BCUT2D eigenvalue weighted by molar-refractivity contribution is 5.91. The van der Waals surface area contributed by atoms with Crippen molar-refractivity contribution in [2.45, 2.75) is 369 Å². The molecule has 16 bridgehead atoms. The molecular formula is C108H158O29. The maximum atomic E-state index is 12.6. The Labute approximate surface area is 810 Å². The average Bonchev–Trinajstić information content (AvgIpc) is 1.70. The largest absolute Gasteiger partial charge is 0.465 e. The summed E-state index contributed by atoms with van der Waals surface area (Å²) in [6, 6.07) is 0. The maximum absolute atomic E-state index is 12.6. The van der Waals surface area contributed by atoms with E-state index >= 15 is 0 Å². The molecule has 0 aromatic carbocycles. The number of rotatable bonds is 25. The Bertz CT molecular complexity index is 4460. The normalized spacial score (nSPS) is 35.3. The predicted molar refractivity (Wildman–Crippen MR) is 501 cm³/mol. The van der Waals surface area contributed by atoms with Crippen LogP contribution in [-0.4, -0.2) is 181 Å². The Balaban J connectivity index is 0.000000152. The fourth-order valence-corrected chi connectivity index (χ4v) is 26.1. The minimum atomic E-state index is -0.728. The van der Waals surface area contributed by atoms with E-state index in [9.17, 15) is 72.2 Å². The maximum Gasteiger partial charge on any atom is 0.347 e. The third-order valence-corrected chi connectivity index (χ3v) is 34.1. The van der Waals surface area contributed by atoms with Crippen molar-refractivity contribution in [2.24, 2.45) is 123 Å². The third kappa shape index (κ3) is 25.6. The summed E-state index contributed by atoms with van der Waals surface area (Å²) >= 11 is 0. The van der Waals surface area contributed by atoms with E-state index in [1.54, 1.807) is 48.5 Å². The molecular weight excluding hydrogens is 1760 g/mol. The van der Waals surface area contributed by atoms with E-state index < -0.39 is 82.6 Å². The molecule has 764 valence electrons. The van der Waals surface area contributed by atoms with Gasteiger partial charge >= 0.3 is 83.6 Å². The number of esters is 14. The van der Waals surface area contributed by atoms with Crippen molar-refractivity contribution >= 4 is 83.6 Å². The first kappa shape index (κ1) is 109. The zero-order chi connectivity index (χ0) is 101. The third-order valence-electron chi connectivity index (χ3n) is 34.1. The second kappa shape index (κ2) is 44.6. The van der Waals surface area contributed by atoms with Crippen LogP contribution in [0.3, 0.4) is 0 Å². The molecule has 0 aromatic rings. The molecule has 0 spiro atoms. The second-order valence-electron chi connectivity index (χ2n) is 45.8. The van der Waals surface area contributed by atoms with Crippen molar-refractivity contribution in [3.05, 3.63) is 60.8 Å². The van der Waals surface area contributed by atoms with Crippen LogP contribution in [0.1, 0.15) is 317 Å². The van der Waals surface area contributed by atoms with Gasteiger partial charge < -0.3 is 71.4 Å². The molecule has 17 aliphatic carbocycles. The molecule has 21 fully saturated rings. The molecule has 4 heterocycles. The van der Waals surface area contributed by atoms with Crippen molar-refractivity contribution < 1.29 is 139 Å². The average molecular weight is 1920 g/mol. The Hall–Kier alpha value is -8.76. The smallest absolute Gasteiger partial charge is 0.347 e. The number of ether oxygens (including phenoxy) is 14. The molecule has 0 amide bonds. The molecule has 1 N–H and O–H groups in total. The van der Waals surface area contributed by atoms with E-state index in [4.69, 9.17) is 61.6 Å². The van der Waals surface area contributed by atoms with Crippen molar-refractivity contribution in [2.75, 3.05) is 39.6 Å². The minimum absolute atomic E-state index is 0.0364. The van der Waals surface area contributed by atoms with E-state index in [0.717, 1.165) is 107 Å². The fourth-order valence-electron chi connectivity index (χ4n) is 26.1. The van der Waals surface area contributed by atoms with Crippen LogP contribution in [0.4, 0.5) is 0 Å². The van der Waals surface area contributed by atoms with Gasteiger partial charge in [-0.05, 0) is 334 Å². The lowest BCUT2D eigenvalue weighted by atomic mass is 9.49. The zero-order valence-electron chi connectivity index (χ0n) is 84.8. The van der Waals surface area contributed by atoms with Gasteiger partial charge in [0.05, 0.1) is 60.1 Å². The van der Waals surface area contributed by atoms with Crippen molar-refractivity contribution in [3.63, 3.8) is 0 Å². The van der Waals surface area contributed by atoms with Crippen LogP contribution in [0, 0.1) is 123 Å². The quantitative estimate of drug-likeness (QED) is 0.0504. The first-order valence-electron chi connectivity index (χ1n) is 51.0. The molecule has 4 aliphatic heterocycles. The Morgan fingerprint density at radius 1 is 0.387 bits per heavy atom. The van der Waals surface area contributed by atoms with Crippen LogP contribution < -0.4 is 0 Å². The molecule has 137 heavy (non-hydrogen) atoms. The molecule has 0 aromatic heterocycles. The van der Waals surface area contributed by atoms with Crippen LogP contribution in [0.2, 0.25) is 0 Å². The molecule has 29 heteroatoms. The molecule has 4 saturated heterocycles. The molecule has 14 unspecified atom stereocenters. The van der Waals surface area contributed by atoms with Gasteiger partial charge in [0.1, 0.15) is 34.6 Å². The summed E-state index contributed by atoms with van der Waals surface area (Å²) in [7, 11) is 0. The van der Waals surface area contributed by atoms with Gasteiger partial charge in [-0.25, -0.2) is 43.2 Å². The van der Waals surface area contributed by atoms with Crippen LogP contribution in [0.5, 0.6) is 0 Å². The van der Waals surface area contributed by atoms with Gasteiger partial charge in [-0.1, -0.05) is 67.5 Å². The SMILES string of the molecule is C=C(C)C(=O)OC1(C)CCCC1.C=C(C)C(=O)OC1(CC)C2CC3CC(C2)CC1C3.C=C(C)C(=O)OC12CC3CC(CC(O)(C3)C1)C2.C=C(C)C(=O)OC1CCOC1=O.C=C(C)C(=O)OCC(=O)OC1CC2CC1C1C(=O)OCC21.CCC(C)(C)C(=O)OC1(CC)C2CC3CC(C2)CC1C3.CCC(C)(C)C(=O)OC1CCOC1=O.CCC(C)(C)C(=O)OCC(=O)OC1CC2CC1C1C(=O)OCC21. The summed E-state index contributed by atoms with van der Waals surface area (Å²) in [5.74, 6) is 3.61. The van der Waals surface area contributed by atoms with E-state index in [-0.39, 0.29) is 118 Å². The highest BCUT2D eigenvalue weighted by Crippen LogP contribution is 2.65. The van der Waals surface area contributed by atoms with Crippen molar-refractivity contribution in [1.82, 2.24) is 0 Å². The molecule has 14 atom stereocenters. The second-order valence-corrected chi connectivity index (χ2v) is 45.8. The summed E-state index contributed by atoms with van der Waals surface area (Å²) in [4.78, 5) is 162. The van der Waals surface area contributed by atoms with Gasteiger partial charge in [0.25, 0.3) is 0 Å². The van der Waals surface area contributed by atoms with E-state index in [1.807, 2.05) is 34.6 Å². The van der Waals surface area contributed by atoms with Gasteiger partial charge in [-0.15, -0.1) is 0 Å². The van der Waals surface area contributed by atoms with Crippen molar-refractivity contribution in [1.29, 1.82) is 0 Å². The van der Waals surface area contributed by atoms with Crippen LogP contribution in [0.15, 0.2) is 60.8 Å². The van der Waals surface area contributed by atoms with Crippen molar-refractivity contribution in [3.8, 4) is 0 Å². The van der Waals surface area contributed by atoms with E-state index in [2.05, 4.69) is 58.4 Å². The number of hydrogen-bond donors (Lipinski definition) is 1. The van der Waals surface area contributed by atoms with Gasteiger partial charge in [0, 0.05) is 70.8 Å². The lowest BCUT2D eigenvalue weighted by Crippen LogP contribution is -2.60. The lowest BCUT2D eigenvalue weighted by molar-refractivity contribution is -0.218. The standard InChI is InChI=1S/C18H30O2.C17H24O6.C16H24O2.C15H18O6.C14H20O3.C10H16O4.C10H16O2.C8H10O4/c1-5-17(3,4)16(19)20-18(6-2)14-8-12-7-13(10-14)11-15(18)9-12;1-4-17(2,3)16(20)22-8-13(18)23-12-6-9-5-10(12)14-11(9)7-21-15(14)19;1-4-16(18-15(17)10(2)3)13-6-11-5-12(8-13)9-14(16)7-11;1-7(2)14(17)20-6-12(16)21-11-4-8-3-9(11)13-10(8)5-19-15(13)18;1-9(2)12(15)17-14-6-10-3-11(7-14)5-13(16,4-10)8-14;1-4-10(2,3)9(12)14-7-5-6-13-8(7)11;1-8(2)9(11)12-10(3)6-4-5-7-10;1-5(2)7(9)12-6-3-4-11-8(6)10/h12-15H,5-11H2,1-4H3;9-12,14H,4-8H2,1-3H3;11-14H,2,4-9H2,1,3H3;8-11,13H,1,3-6H2,2H3;10-11,16H,1,3-8H2,2H3;7H,4-6H2,1-3H3;1,4-7H2,2-3H3;6H,1,3-4H2,2H3. The number of carbonyl (C=O) groups is 14. The van der Waals surface area contributed by atoms with Crippen LogP contribution in [0.25, 0.3) is 0 Å². The highest BCUT2D eigenvalue weighted by atomic mass is 16.6. The first-order valence-corrected chi connectivity index (χ1v) is 51.0. The summed E-state index contributed by atoms with van der Waals surface area (Å²) in [6.07, 6.45) is 29.6. The summed E-state index contributed by atoms with van der Waals surface area (Å²) in [5.41, 5.74) is -0.931. The van der Waals surface area contributed by atoms with Gasteiger partial charge in [-0.2, -0.15) is 0 Å². The monoisotopic (exact) mass is 1920 g/mol. The minimum Gasteiger partial charge on any atom is -0.465 e. The number of hydrogen-bond acceptors (Lipinski definition) is 29. The zero-order valence-corrected chi connectivity index (χ0v) is 84.8. The number of aliphatic hydroxyl groups is 1.